The number of esters is 1. The number of rotatable bonds is 8. The topological polar surface area (TPSA) is 67.5 Å². The fraction of sp³-hybridized carbons (Fsp3) is 0.810. The molecule has 27 heavy (non-hydrogen) atoms. The predicted octanol–water partition coefficient (Wildman–Crippen LogP) is 3.64. The molecule has 1 N–H and O–H groups in total. The Bertz CT molecular complexity index is 587. The highest BCUT2D eigenvalue weighted by molar-refractivity contribution is 5.77. The molecule has 6 nitrogen and oxygen atoms in total. The number of nitrogens with one attached hydrogen (secondary N) is 1. The number of aromatic nitrogens is 2. The highest BCUT2D eigenvalue weighted by Gasteiger charge is 2.42. The number of hydrogen-bond acceptors (Lipinski definition) is 5. The van der Waals surface area contributed by atoms with E-state index in [0.717, 1.165) is 38.9 Å². The summed E-state index contributed by atoms with van der Waals surface area (Å²) in [6, 6.07) is 0. The number of aromatic amines is 1. The van der Waals surface area contributed by atoms with Crippen molar-refractivity contribution in [1.82, 2.24) is 15.1 Å². The fourth-order valence-corrected chi connectivity index (χ4v) is 4.71. The van der Waals surface area contributed by atoms with Gasteiger partial charge in [0.05, 0.1) is 18.2 Å². The van der Waals surface area contributed by atoms with Crippen molar-refractivity contribution in [1.29, 1.82) is 0 Å². The van der Waals surface area contributed by atoms with E-state index >= 15 is 0 Å². The molecule has 2 aliphatic rings. The summed E-state index contributed by atoms with van der Waals surface area (Å²) in [6.07, 6.45) is 11.0. The number of piperidine rings is 1. The first-order valence-electron chi connectivity index (χ1n) is 10.6. The average Bonchev–Trinajstić information content (AvgIpc) is 3.16. The number of carbonyl (C=O) groups is 1. The van der Waals surface area contributed by atoms with Crippen molar-refractivity contribution in [3.8, 4) is 0 Å². The van der Waals surface area contributed by atoms with Crippen LogP contribution in [0.15, 0.2) is 6.20 Å². The molecule has 0 spiro atoms. The van der Waals surface area contributed by atoms with E-state index in [1.54, 1.807) is 7.11 Å². The predicted molar refractivity (Wildman–Crippen MR) is 104 cm³/mol. The number of ether oxygens (including phenoxy) is 2. The third-order valence-electron chi connectivity index (χ3n) is 6.47. The lowest BCUT2D eigenvalue weighted by atomic mass is 9.75. The first kappa shape index (κ1) is 20.3. The summed E-state index contributed by atoms with van der Waals surface area (Å²) in [5.41, 5.74) is 2.30. The lowest BCUT2D eigenvalue weighted by Gasteiger charge is -2.40. The molecule has 1 saturated carbocycles. The first-order valence-corrected chi connectivity index (χ1v) is 10.6. The van der Waals surface area contributed by atoms with Crippen molar-refractivity contribution >= 4 is 5.97 Å². The summed E-state index contributed by atoms with van der Waals surface area (Å²) >= 11 is 0. The number of carbonyl (C=O) groups excluding carboxylic acids is 1. The normalized spacial score (nSPS) is 21.3. The number of hydrogen-bond donors (Lipinski definition) is 1. The highest BCUT2D eigenvalue weighted by Crippen LogP contribution is 2.38. The molecular weight excluding hydrogens is 342 g/mol. The zero-order chi connectivity index (χ0) is 19.1. The smallest absolute Gasteiger partial charge is 0.312 e. The van der Waals surface area contributed by atoms with Gasteiger partial charge in [0.15, 0.2) is 0 Å². The van der Waals surface area contributed by atoms with Crippen molar-refractivity contribution in [2.24, 2.45) is 5.41 Å². The van der Waals surface area contributed by atoms with Gasteiger partial charge in [-0.2, -0.15) is 5.10 Å². The molecule has 6 heteroatoms. The molecule has 2 fully saturated rings. The van der Waals surface area contributed by atoms with Gasteiger partial charge >= 0.3 is 5.97 Å². The van der Waals surface area contributed by atoms with Gasteiger partial charge in [0.25, 0.3) is 0 Å². The van der Waals surface area contributed by atoms with Crippen LogP contribution < -0.4 is 0 Å². The molecule has 0 radical (unpaired) electrons. The summed E-state index contributed by atoms with van der Waals surface area (Å²) in [5, 5.41) is 7.62. The highest BCUT2D eigenvalue weighted by atomic mass is 16.5. The Labute approximate surface area is 163 Å². The SMILES string of the molecule is CCOC(=O)C1(CCOC)CCN(Cc2cn[nH]c2C2CCCCC2)CC1. The summed E-state index contributed by atoms with van der Waals surface area (Å²) in [5.74, 6) is 0.592. The Morgan fingerprint density at radius 1 is 1.30 bits per heavy atom. The molecule has 2 heterocycles. The van der Waals surface area contributed by atoms with Crippen molar-refractivity contribution in [2.45, 2.75) is 70.8 Å². The van der Waals surface area contributed by atoms with Crippen LogP contribution in [0.3, 0.4) is 0 Å². The molecule has 152 valence electrons. The van der Waals surface area contributed by atoms with Crippen LogP contribution in [0.25, 0.3) is 0 Å². The standard InChI is InChI=1S/C21H35N3O3/c1-3-27-20(25)21(11-14-26-2)9-12-24(13-10-21)16-18-15-22-23-19(18)17-7-5-4-6-8-17/h15,17H,3-14,16H2,1-2H3,(H,22,23). The Hall–Kier alpha value is -1.40. The van der Waals surface area contributed by atoms with Gasteiger partial charge in [0.2, 0.25) is 0 Å². The van der Waals surface area contributed by atoms with E-state index in [0.29, 0.717) is 19.1 Å². The molecule has 1 saturated heterocycles. The third-order valence-corrected chi connectivity index (χ3v) is 6.47. The summed E-state index contributed by atoms with van der Waals surface area (Å²) in [7, 11) is 1.69. The molecule has 1 aromatic rings. The Morgan fingerprint density at radius 3 is 2.70 bits per heavy atom. The average molecular weight is 378 g/mol. The van der Waals surface area contributed by atoms with E-state index in [4.69, 9.17) is 9.47 Å². The van der Waals surface area contributed by atoms with E-state index in [1.165, 1.54) is 43.4 Å². The Kier molecular flexibility index (Phi) is 7.30. The fourth-order valence-electron chi connectivity index (χ4n) is 4.71. The van der Waals surface area contributed by atoms with Crippen molar-refractivity contribution < 1.29 is 14.3 Å². The number of likely N-dealkylation sites (tertiary alicyclic amines) is 1. The molecule has 0 bridgehead atoms. The maximum atomic E-state index is 12.6. The van der Waals surface area contributed by atoms with Gasteiger partial charge in [0.1, 0.15) is 0 Å². The lowest BCUT2D eigenvalue weighted by molar-refractivity contribution is -0.160. The maximum absolute atomic E-state index is 12.6. The van der Waals surface area contributed by atoms with Crippen LogP contribution in [0.1, 0.15) is 75.5 Å². The minimum atomic E-state index is -0.384. The molecule has 0 atom stereocenters. The number of methoxy groups -OCH3 is 1. The largest absolute Gasteiger partial charge is 0.466 e. The van der Waals surface area contributed by atoms with E-state index in [-0.39, 0.29) is 11.4 Å². The zero-order valence-electron chi connectivity index (χ0n) is 17.0. The Morgan fingerprint density at radius 2 is 2.04 bits per heavy atom. The van der Waals surface area contributed by atoms with E-state index in [2.05, 4.69) is 15.1 Å². The lowest BCUT2D eigenvalue weighted by Crippen LogP contribution is -2.45. The molecule has 0 unspecified atom stereocenters. The minimum Gasteiger partial charge on any atom is -0.466 e. The van der Waals surface area contributed by atoms with Gasteiger partial charge in [-0.25, -0.2) is 0 Å². The second-order valence-corrected chi connectivity index (χ2v) is 8.16. The van der Waals surface area contributed by atoms with Gasteiger partial charge in [-0.3, -0.25) is 14.8 Å². The van der Waals surface area contributed by atoms with Crippen LogP contribution >= 0.6 is 0 Å². The maximum Gasteiger partial charge on any atom is 0.312 e. The van der Waals surface area contributed by atoms with Crippen LogP contribution in [0, 0.1) is 5.41 Å². The molecule has 1 aromatic heterocycles. The van der Waals surface area contributed by atoms with Crippen molar-refractivity contribution in [3.63, 3.8) is 0 Å². The van der Waals surface area contributed by atoms with Gasteiger partial charge in [0, 0.05) is 37.4 Å². The molecule has 1 aliphatic heterocycles. The summed E-state index contributed by atoms with van der Waals surface area (Å²) in [4.78, 5) is 15.1. The zero-order valence-corrected chi connectivity index (χ0v) is 17.0. The summed E-state index contributed by atoms with van der Waals surface area (Å²) < 4.78 is 10.7. The van der Waals surface area contributed by atoms with Crippen LogP contribution in [-0.2, 0) is 20.8 Å². The summed E-state index contributed by atoms with van der Waals surface area (Å²) in [6.45, 7) is 5.67. The van der Waals surface area contributed by atoms with Crippen LogP contribution in [0.2, 0.25) is 0 Å². The molecule has 3 rings (SSSR count). The van der Waals surface area contributed by atoms with Gasteiger partial charge < -0.3 is 9.47 Å². The van der Waals surface area contributed by atoms with Gasteiger partial charge in [-0.15, -0.1) is 0 Å². The molecule has 0 aromatic carbocycles. The van der Waals surface area contributed by atoms with E-state index in [1.807, 2.05) is 13.1 Å². The molecule has 1 aliphatic carbocycles. The van der Waals surface area contributed by atoms with Gasteiger partial charge in [-0.05, 0) is 52.1 Å². The van der Waals surface area contributed by atoms with Crippen molar-refractivity contribution in [2.75, 3.05) is 33.4 Å². The second-order valence-electron chi connectivity index (χ2n) is 8.16. The number of nitrogens with zero attached hydrogens (tertiary/aromatic N) is 2. The van der Waals surface area contributed by atoms with Crippen LogP contribution in [0.5, 0.6) is 0 Å². The molecular formula is C21H35N3O3. The van der Waals surface area contributed by atoms with Crippen molar-refractivity contribution in [3.05, 3.63) is 17.5 Å². The second kappa shape index (κ2) is 9.69. The van der Waals surface area contributed by atoms with Crippen LogP contribution in [-0.4, -0.2) is 54.5 Å². The first-order chi connectivity index (χ1) is 13.2. The quantitative estimate of drug-likeness (QED) is 0.701. The Balaban J connectivity index is 1.60. The molecule has 0 amide bonds. The third kappa shape index (κ3) is 4.91. The van der Waals surface area contributed by atoms with E-state index in [9.17, 15) is 4.79 Å². The monoisotopic (exact) mass is 377 g/mol. The van der Waals surface area contributed by atoms with Crippen LogP contribution in [0.4, 0.5) is 0 Å². The van der Waals surface area contributed by atoms with E-state index < -0.39 is 0 Å². The number of H-pyrrole nitrogens is 1. The van der Waals surface area contributed by atoms with Gasteiger partial charge in [-0.1, -0.05) is 19.3 Å². The minimum absolute atomic E-state index is 0.0482.